The number of rotatable bonds is 4. The summed E-state index contributed by atoms with van der Waals surface area (Å²) in [5.41, 5.74) is 5.86. The minimum Gasteiger partial charge on any atom is -0.378 e. The van der Waals surface area contributed by atoms with E-state index in [1.165, 1.54) is 0 Å². The normalized spacial score (nSPS) is 10.5. The molecule has 0 heterocycles. The smallest absolute Gasteiger partial charge is 0.193 e. The summed E-state index contributed by atoms with van der Waals surface area (Å²) in [7, 11) is 8.01. The Labute approximate surface area is 133 Å². The van der Waals surface area contributed by atoms with Gasteiger partial charge >= 0.3 is 0 Å². The lowest BCUT2D eigenvalue weighted by Gasteiger charge is -2.17. The van der Waals surface area contributed by atoms with Crippen molar-refractivity contribution in [3.05, 3.63) is 58.7 Å². The Kier molecular flexibility index (Phi) is 4.55. The summed E-state index contributed by atoms with van der Waals surface area (Å²) >= 11 is 0. The third kappa shape index (κ3) is 3.14. The maximum absolute atomic E-state index is 12.8. The molecular formula is C19H24N2O. The van der Waals surface area contributed by atoms with E-state index in [9.17, 15) is 4.79 Å². The molecule has 0 aromatic heterocycles. The number of carbonyl (C=O) groups excluding carboxylic acids is 1. The zero-order valence-electron chi connectivity index (χ0n) is 14.3. The van der Waals surface area contributed by atoms with Gasteiger partial charge in [0.2, 0.25) is 0 Å². The van der Waals surface area contributed by atoms with Crippen molar-refractivity contribution >= 4 is 17.2 Å². The number of anilines is 2. The van der Waals surface area contributed by atoms with Crippen LogP contribution in [0.5, 0.6) is 0 Å². The van der Waals surface area contributed by atoms with Crippen LogP contribution in [-0.2, 0) is 0 Å². The average molecular weight is 296 g/mol. The van der Waals surface area contributed by atoms with Crippen molar-refractivity contribution in [1.29, 1.82) is 0 Å². The molecule has 2 rings (SSSR count). The summed E-state index contributed by atoms with van der Waals surface area (Å²) in [5, 5.41) is 0. The standard InChI is InChI=1S/C19H24N2O/c1-13-12-16(20(3)4)8-9-17(13)19(22)15-7-10-18(21(5)6)14(2)11-15/h7-12H,1-6H3. The molecule has 22 heavy (non-hydrogen) atoms. The maximum atomic E-state index is 12.8. The van der Waals surface area contributed by atoms with Crippen LogP contribution < -0.4 is 9.80 Å². The Bertz CT molecular complexity index is 703. The van der Waals surface area contributed by atoms with Crippen LogP contribution in [0.2, 0.25) is 0 Å². The molecule has 3 heteroatoms. The first-order valence-electron chi connectivity index (χ1n) is 7.42. The monoisotopic (exact) mass is 296 g/mol. The molecule has 2 aromatic carbocycles. The minimum atomic E-state index is 0.0798. The summed E-state index contributed by atoms with van der Waals surface area (Å²) in [6, 6.07) is 11.8. The van der Waals surface area contributed by atoms with Gasteiger partial charge in [0.1, 0.15) is 0 Å². The lowest BCUT2D eigenvalue weighted by molar-refractivity contribution is 0.103. The Morgan fingerprint density at radius 3 is 2.00 bits per heavy atom. The molecule has 0 radical (unpaired) electrons. The van der Waals surface area contributed by atoms with E-state index in [1.807, 2.05) is 83.3 Å². The van der Waals surface area contributed by atoms with Gasteiger partial charge in [0.05, 0.1) is 0 Å². The van der Waals surface area contributed by atoms with Gasteiger partial charge in [0, 0.05) is 50.7 Å². The lowest BCUT2D eigenvalue weighted by Crippen LogP contribution is -2.12. The number of benzene rings is 2. The molecular weight excluding hydrogens is 272 g/mol. The fourth-order valence-corrected chi connectivity index (χ4v) is 2.63. The van der Waals surface area contributed by atoms with E-state index in [-0.39, 0.29) is 5.78 Å². The summed E-state index contributed by atoms with van der Waals surface area (Å²) < 4.78 is 0. The van der Waals surface area contributed by atoms with Crippen LogP contribution in [0.25, 0.3) is 0 Å². The van der Waals surface area contributed by atoms with Crippen LogP contribution >= 0.6 is 0 Å². The van der Waals surface area contributed by atoms with E-state index in [4.69, 9.17) is 0 Å². The summed E-state index contributed by atoms with van der Waals surface area (Å²) in [6.07, 6.45) is 0. The van der Waals surface area contributed by atoms with Gasteiger partial charge in [-0.2, -0.15) is 0 Å². The van der Waals surface area contributed by atoms with E-state index in [2.05, 4.69) is 4.90 Å². The van der Waals surface area contributed by atoms with Gasteiger partial charge in [-0.25, -0.2) is 0 Å². The molecule has 0 aliphatic carbocycles. The number of hydrogen-bond acceptors (Lipinski definition) is 3. The molecule has 0 aliphatic heterocycles. The van der Waals surface area contributed by atoms with Crippen LogP contribution in [0.4, 0.5) is 11.4 Å². The van der Waals surface area contributed by atoms with Crippen molar-refractivity contribution in [1.82, 2.24) is 0 Å². The molecule has 116 valence electrons. The van der Waals surface area contributed by atoms with E-state index in [0.29, 0.717) is 0 Å². The Hall–Kier alpha value is -2.29. The van der Waals surface area contributed by atoms with Crippen LogP contribution in [0.3, 0.4) is 0 Å². The number of hydrogen-bond donors (Lipinski definition) is 0. The van der Waals surface area contributed by atoms with E-state index < -0.39 is 0 Å². The first-order valence-corrected chi connectivity index (χ1v) is 7.42. The van der Waals surface area contributed by atoms with E-state index >= 15 is 0 Å². The zero-order chi connectivity index (χ0) is 16.4. The molecule has 0 atom stereocenters. The largest absolute Gasteiger partial charge is 0.378 e. The second-order valence-corrected chi connectivity index (χ2v) is 6.12. The Morgan fingerprint density at radius 2 is 1.50 bits per heavy atom. The maximum Gasteiger partial charge on any atom is 0.193 e. The van der Waals surface area contributed by atoms with Gasteiger partial charge in [-0.05, 0) is 61.4 Å². The Morgan fingerprint density at radius 1 is 0.818 bits per heavy atom. The van der Waals surface area contributed by atoms with Gasteiger partial charge in [-0.3, -0.25) is 4.79 Å². The second kappa shape index (κ2) is 6.22. The van der Waals surface area contributed by atoms with Crippen LogP contribution in [0.15, 0.2) is 36.4 Å². The third-order valence-corrected chi connectivity index (χ3v) is 3.91. The van der Waals surface area contributed by atoms with Crippen molar-refractivity contribution < 1.29 is 4.79 Å². The first-order chi connectivity index (χ1) is 10.3. The summed E-state index contributed by atoms with van der Waals surface area (Å²) in [5.74, 6) is 0.0798. The molecule has 0 N–H and O–H groups in total. The van der Waals surface area contributed by atoms with Gasteiger partial charge in [-0.15, -0.1) is 0 Å². The van der Waals surface area contributed by atoms with Crippen molar-refractivity contribution in [2.45, 2.75) is 13.8 Å². The molecule has 2 aromatic rings. The van der Waals surface area contributed by atoms with Gasteiger partial charge in [0.15, 0.2) is 5.78 Å². The molecule has 0 amide bonds. The van der Waals surface area contributed by atoms with Crippen LogP contribution in [0, 0.1) is 13.8 Å². The zero-order valence-corrected chi connectivity index (χ0v) is 14.3. The average Bonchev–Trinajstić information content (AvgIpc) is 2.45. The molecule has 0 bridgehead atoms. The predicted molar refractivity (Wildman–Crippen MR) is 94.4 cm³/mol. The predicted octanol–water partition coefficient (Wildman–Crippen LogP) is 3.67. The quantitative estimate of drug-likeness (QED) is 0.804. The van der Waals surface area contributed by atoms with Crippen molar-refractivity contribution in [2.75, 3.05) is 38.0 Å². The number of carbonyl (C=O) groups is 1. The number of aryl methyl sites for hydroxylation is 2. The fraction of sp³-hybridized carbons (Fsp3) is 0.316. The van der Waals surface area contributed by atoms with Crippen LogP contribution in [-0.4, -0.2) is 34.0 Å². The molecule has 0 saturated carbocycles. The fourth-order valence-electron chi connectivity index (χ4n) is 2.63. The summed E-state index contributed by atoms with van der Waals surface area (Å²) in [6.45, 7) is 4.02. The molecule has 0 aliphatic rings. The molecule has 0 fully saturated rings. The lowest BCUT2D eigenvalue weighted by atomic mass is 9.97. The van der Waals surface area contributed by atoms with Crippen LogP contribution in [0.1, 0.15) is 27.0 Å². The van der Waals surface area contributed by atoms with Crippen molar-refractivity contribution in [2.24, 2.45) is 0 Å². The minimum absolute atomic E-state index is 0.0798. The first kappa shape index (κ1) is 16.1. The van der Waals surface area contributed by atoms with E-state index in [1.54, 1.807) is 0 Å². The summed E-state index contributed by atoms with van der Waals surface area (Å²) in [4.78, 5) is 16.8. The molecule has 0 unspecified atom stereocenters. The second-order valence-electron chi connectivity index (χ2n) is 6.12. The highest BCUT2D eigenvalue weighted by Gasteiger charge is 2.14. The van der Waals surface area contributed by atoms with Crippen molar-refractivity contribution in [3.8, 4) is 0 Å². The van der Waals surface area contributed by atoms with Gasteiger partial charge in [0.25, 0.3) is 0 Å². The SMILES string of the molecule is Cc1cc(N(C)C)ccc1C(=O)c1ccc(N(C)C)c(C)c1. The van der Waals surface area contributed by atoms with Gasteiger partial charge < -0.3 is 9.80 Å². The highest BCUT2D eigenvalue weighted by molar-refractivity contribution is 6.10. The molecule has 0 saturated heterocycles. The highest BCUT2D eigenvalue weighted by Crippen LogP contribution is 2.23. The third-order valence-electron chi connectivity index (χ3n) is 3.91. The highest BCUT2D eigenvalue weighted by atomic mass is 16.1. The number of ketones is 1. The molecule has 0 spiro atoms. The number of nitrogens with zero attached hydrogens (tertiary/aromatic N) is 2. The molecule has 3 nitrogen and oxygen atoms in total. The topological polar surface area (TPSA) is 23.6 Å². The van der Waals surface area contributed by atoms with E-state index in [0.717, 1.165) is 33.6 Å². The van der Waals surface area contributed by atoms with Crippen molar-refractivity contribution in [3.63, 3.8) is 0 Å². The van der Waals surface area contributed by atoms with Gasteiger partial charge in [-0.1, -0.05) is 0 Å². The Balaban J connectivity index is 2.38.